The normalized spacial score (nSPS) is 14.8. The zero-order chi connectivity index (χ0) is 23.4. The van der Waals surface area contributed by atoms with Crippen LogP contribution in [0.15, 0.2) is 47.6 Å². The molecule has 0 saturated carbocycles. The van der Waals surface area contributed by atoms with Gasteiger partial charge < -0.3 is 0 Å². The number of unbranched alkanes of at least 4 members (excludes halogenated alkanes) is 1. The molecule has 0 bridgehead atoms. The maximum absolute atomic E-state index is 4.64. The Labute approximate surface area is 196 Å². The van der Waals surface area contributed by atoms with E-state index in [2.05, 4.69) is 126 Å². The van der Waals surface area contributed by atoms with Crippen LogP contribution >= 0.6 is 12.6 Å². The molecule has 1 heterocycles. The van der Waals surface area contributed by atoms with E-state index in [1.807, 2.05) is 0 Å². The van der Waals surface area contributed by atoms with E-state index in [0.717, 1.165) is 35.8 Å². The average Bonchev–Trinajstić information content (AvgIpc) is 3.15. The predicted molar refractivity (Wildman–Crippen MR) is 142 cm³/mol. The fraction of sp³-hybridized carbons (Fsp3) is 0.519. The number of benzene rings is 2. The molecular formula is C27H43N3S. The first-order valence-corrected chi connectivity index (χ1v) is 12.3. The van der Waals surface area contributed by atoms with Crippen molar-refractivity contribution >= 4 is 24.2 Å². The van der Waals surface area contributed by atoms with Crippen LogP contribution in [0.1, 0.15) is 83.6 Å². The number of amidine groups is 1. The molecular weight excluding hydrogens is 398 g/mol. The minimum atomic E-state index is -0.151. The summed E-state index contributed by atoms with van der Waals surface area (Å²) in [5.74, 6) is 1.75. The van der Waals surface area contributed by atoms with Crippen molar-refractivity contribution < 1.29 is 0 Å². The summed E-state index contributed by atoms with van der Waals surface area (Å²) >= 11 is 4.64. The van der Waals surface area contributed by atoms with Gasteiger partial charge >= 0.3 is 0 Å². The van der Waals surface area contributed by atoms with Gasteiger partial charge in [-0.05, 0) is 60.6 Å². The Morgan fingerprint density at radius 2 is 1.61 bits per heavy atom. The Balaban J connectivity index is 0.000000519. The van der Waals surface area contributed by atoms with Crippen LogP contribution in [0.5, 0.6) is 0 Å². The number of aryl methyl sites for hydroxylation is 3. The van der Waals surface area contributed by atoms with Gasteiger partial charge in [0.2, 0.25) is 0 Å². The lowest BCUT2D eigenvalue weighted by Gasteiger charge is -2.25. The van der Waals surface area contributed by atoms with E-state index in [1.165, 1.54) is 29.5 Å². The van der Waals surface area contributed by atoms with Crippen molar-refractivity contribution in [3.05, 3.63) is 64.7 Å². The standard InChI is InChI=1S/C19H23N3S.2C4H10/c1-4-14-7-6-8-16(12-14)18-20-21-19(23)22(18)17-10-9-15(5-2)13(3)11-17;1-4(2)3;1-3-4-2/h6-12,19,21,23H,4-5H2,1-3H3;4H,1-3H3;3-4H2,1-2H3. The molecule has 3 nitrogen and oxygen atoms in total. The molecule has 172 valence electrons. The van der Waals surface area contributed by atoms with E-state index < -0.39 is 0 Å². The van der Waals surface area contributed by atoms with E-state index in [0.29, 0.717) is 0 Å². The van der Waals surface area contributed by atoms with Crippen molar-refractivity contribution in [2.75, 3.05) is 4.90 Å². The second-order valence-electron chi connectivity index (χ2n) is 8.56. The molecule has 2 aromatic rings. The SMILES string of the molecule is CC(C)C.CCCC.CCc1cccc(C2=NNC(S)N2c2ccc(CC)c(C)c2)c1. The highest BCUT2D eigenvalue weighted by Gasteiger charge is 2.27. The van der Waals surface area contributed by atoms with Crippen molar-refractivity contribution in [2.24, 2.45) is 11.0 Å². The van der Waals surface area contributed by atoms with Gasteiger partial charge in [-0.1, -0.05) is 85.6 Å². The van der Waals surface area contributed by atoms with Crippen molar-refractivity contribution in [1.82, 2.24) is 5.43 Å². The average molecular weight is 442 g/mol. The third-order valence-corrected chi connectivity index (χ3v) is 5.18. The Hall–Kier alpha value is -1.94. The van der Waals surface area contributed by atoms with Gasteiger partial charge in [-0.15, -0.1) is 12.6 Å². The number of anilines is 1. The molecule has 4 heteroatoms. The van der Waals surface area contributed by atoms with Crippen molar-refractivity contribution in [3.63, 3.8) is 0 Å². The Morgan fingerprint density at radius 3 is 2.13 bits per heavy atom. The van der Waals surface area contributed by atoms with Gasteiger partial charge in [0.25, 0.3) is 0 Å². The first-order valence-electron chi connectivity index (χ1n) is 11.8. The highest BCUT2D eigenvalue weighted by atomic mass is 32.1. The molecule has 1 N–H and O–H groups in total. The zero-order valence-electron chi connectivity index (χ0n) is 20.9. The number of hydrogen-bond acceptors (Lipinski definition) is 4. The van der Waals surface area contributed by atoms with Gasteiger partial charge in [0.1, 0.15) is 0 Å². The van der Waals surface area contributed by atoms with E-state index >= 15 is 0 Å². The number of hydrogen-bond donors (Lipinski definition) is 2. The fourth-order valence-corrected chi connectivity index (χ4v) is 3.27. The molecule has 3 rings (SSSR count). The molecule has 0 aromatic heterocycles. The van der Waals surface area contributed by atoms with Crippen LogP contribution in [-0.2, 0) is 12.8 Å². The molecule has 2 aromatic carbocycles. The molecule has 0 amide bonds. The smallest absolute Gasteiger partial charge is 0.166 e. The number of rotatable bonds is 5. The van der Waals surface area contributed by atoms with Crippen molar-refractivity contribution in [2.45, 2.75) is 86.6 Å². The van der Waals surface area contributed by atoms with Gasteiger partial charge in [0.15, 0.2) is 11.3 Å². The first kappa shape index (κ1) is 27.1. The minimum absolute atomic E-state index is 0.151. The molecule has 0 saturated heterocycles. The summed E-state index contributed by atoms with van der Waals surface area (Å²) in [6.07, 6.45) is 4.71. The molecule has 1 aliphatic heterocycles. The highest BCUT2D eigenvalue weighted by Crippen LogP contribution is 2.27. The summed E-state index contributed by atoms with van der Waals surface area (Å²) in [6.45, 7) is 17.4. The fourth-order valence-electron chi connectivity index (χ4n) is 2.97. The molecule has 0 fully saturated rings. The third-order valence-electron chi connectivity index (χ3n) is 4.84. The van der Waals surface area contributed by atoms with Crippen LogP contribution in [0, 0.1) is 12.8 Å². The van der Waals surface area contributed by atoms with Crippen LogP contribution < -0.4 is 10.3 Å². The number of nitrogens with one attached hydrogen (secondary N) is 1. The monoisotopic (exact) mass is 441 g/mol. The van der Waals surface area contributed by atoms with Crippen LogP contribution in [0.25, 0.3) is 0 Å². The van der Waals surface area contributed by atoms with Gasteiger partial charge in [0, 0.05) is 11.3 Å². The topological polar surface area (TPSA) is 27.6 Å². The van der Waals surface area contributed by atoms with E-state index in [4.69, 9.17) is 0 Å². The minimum Gasteiger partial charge on any atom is -0.293 e. The quantitative estimate of drug-likeness (QED) is 0.468. The van der Waals surface area contributed by atoms with Gasteiger partial charge in [-0.25, -0.2) is 0 Å². The van der Waals surface area contributed by atoms with Gasteiger partial charge in [0.05, 0.1) is 0 Å². The molecule has 0 spiro atoms. The Kier molecular flexibility index (Phi) is 12.4. The molecule has 31 heavy (non-hydrogen) atoms. The molecule has 1 atom stereocenters. The van der Waals surface area contributed by atoms with Crippen LogP contribution in [0.3, 0.4) is 0 Å². The lowest BCUT2D eigenvalue weighted by molar-refractivity contribution is 0.737. The number of nitrogens with zero attached hydrogens (tertiary/aromatic N) is 2. The van der Waals surface area contributed by atoms with Crippen molar-refractivity contribution in [1.29, 1.82) is 0 Å². The Morgan fingerprint density at radius 1 is 0.968 bits per heavy atom. The third kappa shape index (κ3) is 8.60. The van der Waals surface area contributed by atoms with E-state index in [-0.39, 0.29) is 5.50 Å². The maximum Gasteiger partial charge on any atom is 0.166 e. The van der Waals surface area contributed by atoms with E-state index in [1.54, 1.807) is 0 Å². The summed E-state index contributed by atoms with van der Waals surface area (Å²) in [5, 5.41) is 4.51. The van der Waals surface area contributed by atoms with Crippen LogP contribution in [-0.4, -0.2) is 11.3 Å². The molecule has 1 unspecified atom stereocenters. The molecule has 0 radical (unpaired) electrons. The second kappa shape index (κ2) is 14.2. The zero-order valence-corrected chi connectivity index (χ0v) is 21.8. The molecule has 1 aliphatic rings. The maximum atomic E-state index is 4.64. The lowest BCUT2D eigenvalue weighted by Crippen LogP contribution is -2.36. The molecule has 0 aliphatic carbocycles. The first-order chi connectivity index (χ1) is 14.8. The second-order valence-corrected chi connectivity index (χ2v) is 9.05. The Bertz CT molecular complexity index is 809. The van der Waals surface area contributed by atoms with Gasteiger partial charge in [-0.3, -0.25) is 10.3 Å². The van der Waals surface area contributed by atoms with Crippen molar-refractivity contribution in [3.8, 4) is 0 Å². The predicted octanol–water partition coefficient (Wildman–Crippen LogP) is 7.57. The summed E-state index contributed by atoms with van der Waals surface area (Å²) in [4.78, 5) is 2.14. The lowest BCUT2D eigenvalue weighted by atomic mass is 10.0. The highest BCUT2D eigenvalue weighted by molar-refractivity contribution is 7.81. The largest absolute Gasteiger partial charge is 0.293 e. The van der Waals surface area contributed by atoms with E-state index in [9.17, 15) is 0 Å². The van der Waals surface area contributed by atoms with Crippen LogP contribution in [0.2, 0.25) is 0 Å². The van der Waals surface area contributed by atoms with Crippen LogP contribution in [0.4, 0.5) is 5.69 Å². The number of thiol groups is 1. The summed E-state index contributed by atoms with van der Waals surface area (Å²) < 4.78 is 0. The van der Waals surface area contributed by atoms with Gasteiger partial charge in [-0.2, -0.15) is 5.10 Å². The summed E-state index contributed by atoms with van der Waals surface area (Å²) in [6, 6.07) is 15.1. The number of hydrazone groups is 1. The summed E-state index contributed by atoms with van der Waals surface area (Å²) in [5.41, 5.74) is 9.15. The summed E-state index contributed by atoms with van der Waals surface area (Å²) in [7, 11) is 0.